The van der Waals surface area contributed by atoms with Crippen molar-refractivity contribution < 1.29 is 23.4 Å². The minimum Gasteiger partial charge on any atom is -0.506 e. The molecule has 0 bridgehead atoms. The molecule has 34 heavy (non-hydrogen) atoms. The van der Waals surface area contributed by atoms with Crippen LogP contribution in [-0.2, 0) is 18.1 Å². The van der Waals surface area contributed by atoms with Gasteiger partial charge in [0.2, 0.25) is 0 Å². The second kappa shape index (κ2) is 10.7. The molecule has 1 saturated heterocycles. The molecule has 2 aromatic rings. The van der Waals surface area contributed by atoms with Gasteiger partial charge in [0.25, 0.3) is 0 Å². The first-order chi connectivity index (χ1) is 16.0. The van der Waals surface area contributed by atoms with Crippen LogP contribution in [0.5, 0.6) is 5.75 Å². The van der Waals surface area contributed by atoms with Crippen LogP contribution >= 0.6 is 0 Å². The van der Waals surface area contributed by atoms with Gasteiger partial charge in [-0.25, -0.2) is 4.99 Å². The molecule has 0 radical (unpaired) electrons. The summed E-state index contributed by atoms with van der Waals surface area (Å²) in [4.78, 5) is 8.78. The molecule has 186 valence electrons. The van der Waals surface area contributed by atoms with Gasteiger partial charge in [-0.15, -0.1) is 0 Å². The van der Waals surface area contributed by atoms with Crippen molar-refractivity contribution in [3.8, 4) is 5.75 Å². The Hall–Kier alpha value is -2.78. The van der Waals surface area contributed by atoms with Gasteiger partial charge in [-0.2, -0.15) is 13.2 Å². The summed E-state index contributed by atoms with van der Waals surface area (Å²) >= 11 is 0. The number of nitrogens with one attached hydrogen (secondary N) is 1. The Bertz CT molecular complexity index is 994. The van der Waals surface area contributed by atoms with Gasteiger partial charge in [0.1, 0.15) is 5.75 Å². The minimum atomic E-state index is -4.41. The average molecular weight is 479 g/mol. The number of aliphatic hydroxyl groups is 1. The minimum absolute atomic E-state index is 0.0584. The van der Waals surface area contributed by atoms with Crippen LogP contribution in [0, 0.1) is 0 Å². The topological polar surface area (TPSA) is 71.3 Å². The predicted octanol–water partition coefficient (Wildman–Crippen LogP) is 4.29. The van der Waals surface area contributed by atoms with E-state index in [9.17, 15) is 23.4 Å². The van der Waals surface area contributed by atoms with E-state index in [0.29, 0.717) is 36.8 Å². The van der Waals surface area contributed by atoms with Crippen molar-refractivity contribution in [1.29, 1.82) is 0 Å². The SMILES string of the molecule is CC(C)(C)c1ccc(O)c(NC(=NCc2cccc(C(F)(F)F)c2)N2CCN(CCO)CC2)c1. The van der Waals surface area contributed by atoms with E-state index in [1.807, 2.05) is 17.0 Å². The summed E-state index contributed by atoms with van der Waals surface area (Å²) in [5, 5.41) is 22.9. The number of aliphatic hydroxyl groups excluding tert-OH is 1. The number of hydrogen-bond acceptors (Lipinski definition) is 4. The molecule has 0 unspecified atom stereocenters. The van der Waals surface area contributed by atoms with Crippen LogP contribution in [0.1, 0.15) is 37.5 Å². The van der Waals surface area contributed by atoms with Crippen LogP contribution in [0.2, 0.25) is 0 Å². The number of rotatable bonds is 5. The van der Waals surface area contributed by atoms with Crippen LogP contribution in [-0.4, -0.2) is 65.3 Å². The van der Waals surface area contributed by atoms with Crippen molar-refractivity contribution in [3.05, 3.63) is 59.2 Å². The van der Waals surface area contributed by atoms with Gasteiger partial charge < -0.3 is 20.4 Å². The molecule has 0 aliphatic carbocycles. The first kappa shape index (κ1) is 25.8. The van der Waals surface area contributed by atoms with Crippen LogP contribution < -0.4 is 5.32 Å². The van der Waals surface area contributed by atoms with Crippen molar-refractivity contribution in [3.63, 3.8) is 0 Å². The normalized spacial score (nSPS) is 16.1. The zero-order valence-electron chi connectivity index (χ0n) is 19.9. The molecule has 1 heterocycles. The Balaban J connectivity index is 1.88. The summed E-state index contributed by atoms with van der Waals surface area (Å²) < 4.78 is 39.3. The Morgan fingerprint density at radius 3 is 2.32 bits per heavy atom. The number of aromatic hydroxyl groups is 1. The van der Waals surface area contributed by atoms with Crippen molar-refractivity contribution in [1.82, 2.24) is 9.80 Å². The van der Waals surface area contributed by atoms with E-state index < -0.39 is 11.7 Å². The van der Waals surface area contributed by atoms with Gasteiger partial charge in [-0.1, -0.05) is 39.0 Å². The number of aliphatic imine (C=N–C) groups is 1. The fourth-order valence-electron chi connectivity index (χ4n) is 3.78. The van der Waals surface area contributed by atoms with Crippen molar-refractivity contribution in [2.75, 3.05) is 44.6 Å². The van der Waals surface area contributed by atoms with Gasteiger partial charge in [0, 0.05) is 32.7 Å². The summed E-state index contributed by atoms with van der Waals surface area (Å²) in [6.45, 7) is 9.67. The maximum atomic E-state index is 13.1. The fourth-order valence-corrected chi connectivity index (χ4v) is 3.78. The van der Waals surface area contributed by atoms with Crippen LogP contribution in [0.4, 0.5) is 18.9 Å². The molecule has 0 spiro atoms. The molecule has 3 rings (SSSR count). The number of benzene rings is 2. The van der Waals surface area contributed by atoms with Gasteiger partial charge in [-0.05, 0) is 40.8 Å². The number of piperazine rings is 1. The Morgan fingerprint density at radius 2 is 1.71 bits per heavy atom. The Kier molecular flexibility index (Phi) is 8.09. The molecule has 0 aromatic heterocycles. The third-order valence-electron chi connectivity index (χ3n) is 5.86. The van der Waals surface area contributed by atoms with Gasteiger partial charge in [0.05, 0.1) is 24.4 Å². The lowest BCUT2D eigenvalue weighted by Crippen LogP contribution is -2.51. The van der Waals surface area contributed by atoms with Crippen LogP contribution in [0.25, 0.3) is 0 Å². The molecule has 2 aromatic carbocycles. The largest absolute Gasteiger partial charge is 0.506 e. The van der Waals surface area contributed by atoms with E-state index in [1.165, 1.54) is 6.07 Å². The number of alkyl halides is 3. The lowest BCUT2D eigenvalue weighted by Gasteiger charge is -2.36. The smallest absolute Gasteiger partial charge is 0.416 e. The number of guanidine groups is 1. The monoisotopic (exact) mass is 478 g/mol. The number of nitrogens with zero attached hydrogens (tertiary/aromatic N) is 3. The standard InChI is InChI=1S/C25H33F3N4O2/c1-24(2,3)19-7-8-22(34)21(16-19)30-23(32-11-9-31(10-12-32)13-14-33)29-17-18-5-4-6-20(15-18)25(26,27)28/h4-8,15-16,33-34H,9-14,17H2,1-3H3,(H,29,30). The fraction of sp³-hybridized carbons (Fsp3) is 0.480. The first-order valence-corrected chi connectivity index (χ1v) is 11.4. The number of anilines is 1. The highest BCUT2D eigenvalue weighted by molar-refractivity contribution is 5.95. The van der Waals surface area contributed by atoms with Crippen molar-refractivity contribution in [2.45, 2.75) is 38.9 Å². The number of phenolic OH excluding ortho intramolecular Hbond substituents is 1. The van der Waals surface area contributed by atoms with Gasteiger partial charge >= 0.3 is 6.18 Å². The van der Waals surface area contributed by atoms with E-state index in [4.69, 9.17) is 0 Å². The maximum absolute atomic E-state index is 13.1. The van der Waals surface area contributed by atoms with E-state index in [2.05, 4.69) is 36.0 Å². The lowest BCUT2D eigenvalue weighted by atomic mass is 9.87. The van der Waals surface area contributed by atoms with Gasteiger partial charge in [-0.3, -0.25) is 4.90 Å². The molecule has 1 aliphatic rings. The molecule has 1 fully saturated rings. The molecule has 0 atom stereocenters. The Labute approximate surface area is 198 Å². The van der Waals surface area contributed by atoms with Crippen LogP contribution in [0.15, 0.2) is 47.5 Å². The van der Waals surface area contributed by atoms with E-state index in [1.54, 1.807) is 12.1 Å². The quantitative estimate of drug-likeness (QED) is 0.340. The molecule has 6 nitrogen and oxygen atoms in total. The zero-order valence-corrected chi connectivity index (χ0v) is 19.9. The Morgan fingerprint density at radius 1 is 1.00 bits per heavy atom. The molecule has 0 saturated carbocycles. The second-order valence-electron chi connectivity index (χ2n) is 9.50. The first-order valence-electron chi connectivity index (χ1n) is 11.4. The van der Waals surface area contributed by atoms with E-state index in [0.717, 1.165) is 30.8 Å². The molecule has 9 heteroatoms. The molecular weight excluding hydrogens is 445 g/mol. The second-order valence-corrected chi connectivity index (χ2v) is 9.50. The average Bonchev–Trinajstić information content (AvgIpc) is 2.77. The lowest BCUT2D eigenvalue weighted by molar-refractivity contribution is -0.137. The third kappa shape index (κ3) is 6.87. The summed E-state index contributed by atoms with van der Waals surface area (Å²) in [6, 6.07) is 10.5. The number of phenols is 1. The number of β-amino-alcohol motifs (C(OH)–C–C–N with tert-alkyl or cyclic N) is 1. The summed E-state index contributed by atoms with van der Waals surface area (Å²) in [5.74, 6) is 0.557. The third-order valence-corrected chi connectivity index (χ3v) is 5.86. The molecule has 3 N–H and O–H groups in total. The summed E-state index contributed by atoms with van der Waals surface area (Å²) in [5.41, 5.74) is 1.13. The van der Waals surface area contributed by atoms with E-state index >= 15 is 0 Å². The zero-order chi connectivity index (χ0) is 24.9. The summed E-state index contributed by atoms with van der Waals surface area (Å²) in [7, 11) is 0. The summed E-state index contributed by atoms with van der Waals surface area (Å²) in [6.07, 6.45) is -4.41. The highest BCUT2D eigenvalue weighted by Gasteiger charge is 2.30. The molecule has 0 amide bonds. The predicted molar refractivity (Wildman–Crippen MR) is 128 cm³/mol. The molecule has 1 aliphatic heterocycles. The van der Waals surface area contributed by atoms with Crippen LogP contribution in [0.3, 0.4) is 0 Å². The number of halogens is 3. The highest BCUT2D eigenvalue weighted by Crippen LogP contribution is 2.32. The van der Waals surface area contributed by atoms with Crippen molar-refractivity contribution in [2.24, 2.45) is 4.99 Å². The van der Waals surface area contributed by atoms with E-state index in [-0.39, 0.29) is 24.3 Å². The maximum Gasteiger partial charge on any atom is 0.416 e. The van der Waals surface area contributed by atoms with Crippen molar-refractivity contribution >= 4 is 11.6 Å². The molecular formula is C25H33F3N4O2. The number of hydrogen-bond donors (Lipinski definition) is 3. The van der Waals surface area contributed by atoms with Gasteiger partial charge in [0.15, 0.2) is 5.96 Å². The highest BCUT2D eigenvalue weighted by atomic mass is 19.4.